The molecule has 0 aromatic rings. The van der Waals surface area contributed by atoms with Crippen molar-refractivity contribution >= 4 is 45.2 Å². The molecule has 2 aliphatic heterocycles. The highest BCUT2D eigenvalue weighted by molar-refractivity contribution is 8.76. The Morgan fingerprint density at radius 3 is 1.71 bits per heavy atom. The number of hydrogen-bond acceptors (Lipinski definition) is 8. The summed E-state index contributed by atoms with van der Waals surface area (Å²) in [6, 6.07) is -0.511. The van der Waals surface area contributed by atoms with Gasteiger partial charge in [-0.15, -0.1) is 0 Å². The van der Waals surface area contributed by atoms with Gasteiger partial charge in [0.05, 0.1) is 13.2 Å². The number of nitrogens with one attached hydrogen (secondary N) is 2. The molecule has 0 aliphatic carbocycles. The van der Waals surface area contributed by atoms with E-state index >= 15 is 0 Å². The summed E-state index contributed by atoms with van der Waals surface area (Å²) in [5.74, 6) is 1.79. The first-order chi connectivity index (χ1) is 11.6. The first kappa shape index (κ1) is 18.9. The van der Waals surface area contributed by atoms with Gasteiger partial charge in [-0.25, -0.2) is 9.98 Å². The van der Waals surface area contributed by atoms with E-state index in [9.17, 15) is 9.59 Å². The Balaban J connectivity index is 1.78. The van der Waals surface area contributed by atoms with Gasteiger partial charge in [-0.3, -0.25) is 9.59 Å². The molecule has 0 fully saturated rings. The number of carbonyl (C=O) groups excluding carboxylic acids is 2. The number of aliphatic imine (C=N–C) groups is 2. The highest BCUT2D eigenvalue weighted by Gasteiger charge is 2.27. The molecule has 2 heterocycles. The van der Waals surface area contributed by atoms with Crippen molar-refractivity contribution in [2.24, 2.45) is 9.98 Å². The lowest BCUT2D eigenvalue weighted by Gasteiger charge is -2.25. The summed E-state index contributed by atoms with van der Waals surface area (Å²) in [7, 11) is 3.12. The fourth-order valence-electron chi connectivity index (χ4n) is 2.00. The summed E-state index contributed by atoms with van der Waals surface area (Å²) in [6.07, 6.45) is 0. The van der Waals surface area contributed by atoms with Gasteiger partial charge in [0.25, 0.3) is 0 Å². The Bertz CT molecular complexity index is 481. The average molecular weight is 372 g/mol. The van der Waals surface area contributed by atoms with Crippen LogP contribution >= 0.6 is 21.6 Å². The van der Waals surface area contributed by atoms with Crippen molar-refractivity contribution in [3.8, 4) is 0 Å². The molecule has 2 aliphatic rings. The van der Waals surface area contributed by atoms with Crippen LogP contribution in [0.1, 0.15) is 13.8 Å². The maximum atomic E-state index is 11.4. The largest absolute Gasteiger partial charge is 0.480 e. The lowest BCUT2D eigenvalue weighted by Crippen LogP contribution is -2.47. The minimum atomic E-state index is -0.255. The highest BCUT2D eigenvalue weighted by Crippen LogP contribution is 2.25. The summed E-state index contributed by atoms with van der Waals surface area (Å²) < 4.78 is 10.9. The molecule has 0 spiro atoms. The fourth-order valence-corrected chi connectivity index (χ4v) is 4.31. The van der Waals surface area contributed by atoms with Gasteiger partial charge in [-0.05, 0) is 13.8 Å². The second-order valence-corrected chi connectivity index (χ2v) is 7.30. The molecular weight excluding hydrogens is 352 g/mol. The molecule has 132 valence electrons. The maximum Gasteiger partial charge on any atom is 0.248 e. The van der Waals surface area contributed by atoms with Gasteiger partial charge in [-0.1, -0.05) is 21.6 Å². The van der Waals surface area contributed by atoms with Crippen molar-refractivity contribution < 1.29 is 19.1 Å². The summed E-state index contributed by atoms with van der Waals surface area (Å²) in [5, 5.41) is 5.64. The summed E-state index contributed by atoms with van der Waals surface area (Å²) >= 11 is 0. The number of carbonyl (C=O) groups is 2. The molecule has 8 nitrogen and oxygen atoms in total. The minimum absolute atomic E-state index is 0.227. The number of hydrogen-bond donors (Lipinski definition) is 2. The van der Waals surface area contributed by atoms with Crippen molar-refractivity contribution in [2.45, 2.75) is 25.9 Å². The molecule has 0 aromatic carbocycles. The predicted molar refractivity (Wildman–Crippen MR) is 95.5 cm³/mol. The Hall–Kier alpha value is -1.42. The summed E-state index contributed by atoms with van der Waals surface area (Å²) in [6.45, 7) is 7.17. The first-order valence-corrected chi connectivity index (χ1v) is 10.1. The van der Waals surface area contributed by atoms with Crippen LogP contribution in [-0.2, 0) is 19.1 Å². The van der Waals surface area contributed by atoms with Crippen LogP contribution in [0.2, 0.25) is 0 Å². The molecular formula is C14H20N4O4S2. The molecule has 2 radical (unpaired) electrons. The Morgan fingerprint density at radius 2 is 1.33 bits per heavy atom. The molecule has 0 saturated heterocycles. The smallest absolute Gasteiger partial charge is 0.248 e. The normalized spacial score (nSPS) is 23.8. The molecule has 0 saturated carbocycles. The van der Waals surface area contributed by atoms with Crippen LogP contribution in [-0.4, -0.2) is 60.4 Å². The second kappa shape index (κ2) is 9.77. The molecule has 0 unspecified atom stereocenters. The van der Waals surface area contributed by atoms with Gasteiger partial charge < -0.3 is 20.1 Å². The quantitative estimate of drug-likeness (QED) is 0.500. The van der Waals surface area contributed by atoms with Crippen molar-refractivity contribution in [3.63, 3.8) is 0 Å². The van der Waals surface area contributed by atoms with Crippen molar-refractivity contribution in [1.82, 2.24) is 10.6 Å². The van der Waals surface area contributed by atoms with Gasteiger partial charge >= 0.3 is 0 Å². The number of rotatable bonds is 7. The number of amides is 2. The van der Waals surface area contributed by atoms with Crippen LogP contribution in [0.4, 0.5) is 0 Å². The van der Waals surface area contributed by atoms with E-state index in [0.29, 0.717) is 36.5 Å². The summed E-state index contributed by atoms with van der Waals surface area (Å²) in [5.41, 5.74) is 0. The number of nitrogens with zero attached hydrogens (tertiary/aromatic N) is 2. The van der Waals surface area contributed by atoms with E-state index in [0.717, 1.165) is 0 Å². The standard InChI is InChI=1S/C14H20N4O4S2/c1-3-21-13-9(17-11(19)5-15-13)7-23-24-8-10-14(22-4-2)16-6-12(20)18-10/h5-6,9-10H,3-4,7-8H2,1-2H3,(H,17,19)(H,18,20)/t9-,10+. The Labute approximate surface area is 149 Å². The maximum absolute atomic E-state index is 11.4. The fraction of sp³-hybridized carbons (Fsp3) is 0.571. The third kappa shape index (κ3) is 5.59. The van der Waals surface area contributed by atoms with Crippen LogP contribution in [0.25, 0.3) is 0 Å². The van der Waals surface area contributed by atoms with E-state index in [4.69, 9.17) is 9.47 Å². The highest BCUT2D eigenvalue weighted by atomic mass is 33.1. The van der Waals surface area contributed by atoms with E-state index in [1.165, 1.54) is 13.1 Å². The average Bonchev–Trinajstić information content (AvgIpc) is 2.56. The number of ether oxygens (including phenoxy) is 2. The van der Waals surface area contributed by atoms with E-state index < -0.39 is 0 Å². The van der Waals surface area contributed by atoms with Crippen molar-refractivity contribution in [2.75, 3.05) is 24.7 Å². The third-order valence-corrected chi connectivity index (χ3v) is 5.41. The van der Waals surface area contributed by atoms with Gasteiger partial charge in [0.2, 0.25) is 23.6 Å². The molecule has 0 aromatic heterocycles. The SMILES string of the molecule is CCOC1=N[CH]C(=O)N[C@H]1CSSC[C@H]1NC(=O)[CH]N=C1OCC. The van der Waals surface area contributed by atoms with Crippen LogP contribution in [0.15, 0.2) is 9.98 Å². The van der Waals surface area contributed by atoms with Crippen LogP contribution < -0.4 is 10.6 Å². The lowest BCUT2D eigenvalue weighted by molar-refractivity contribution is -0.119. The molecule has 10 heteroatoms. The zero-order valence-corrected chi connectivity index (χ0v) is 15.1. The Morgan fingerprint density at radius 1 is 0.917 bits per heavy atom. The topological polar surface area (TPSA) is 101 Å². The van der Waals surface area contributed by atoms with Gasteiger partial charge in [0.15, 0.2) is 13.1 Å². The van der Waals surface area contributed by atoms with Gasteiger partial charge in [0.1, 0.15) is 12.1 Å². The van der Waals surface area contributed by atoms with Crippen molar-refractivity contribution in [1.29, 1.82) is 0 Å². The first-order valence-electron chi connectivity index (χ1n) is 7.56. The monoisotopic (exact) mass is 372 g/mol. The summed E-state index contributed by atoms with van der Waals surface area (Å²) in [4.78, 5) is 30.9. The second-order valence-electron chi connectivity index (χ2n) is 4.75. The molecule has 2 N–H and O–H groups in total. The lowest BCUT2D eigenvalue weighted by atomic mass is 10.3. The molecule has 0 bridgehead atoms. The minimum Gasteiger partial charge on any atom is -0.480 e. The van der Waals surface area contributed by atoms with Crippen molar-refractivity contribution in [3.05, 3.63) is 13.1 Å². The zero-order valence-electron chi connectivity index (χ0n) is 13.5. The van der Waals surface area contributed by atoms with E-state index in [1.54, 1.807) is 21.6 Å². The molecule has 2 rings (SSSR count). The van der Waals surface area contributed by atoms with Gasteiger partial charge in [0, 0.05) is 11.5 Å². The zero-order chi connectivity index (χ0) is 17.4. The molecule has 2 atom stereocenters. The van der Waals surface area contributed by atoms with E-state index in [1.807, 2.05) is 13.8 Å². The Kier molecular flexibility index (Phi) is 7.70. The van der Waals surface area contributed by atoms with Crippen LogP contribution in [0.5, 0.6) is 0 Å². The molecule has 2 amide bonds. The van der Waals surface area contributed by atoms with E-state index in [-0.39, 0.29) is 23.9 Å². The predicted octanol–water partition coefficient (Wildman–Crippen LogP) is 0.558. The molecule has 24 heavy (non-hydrogen) atoms. The van der Waals surface area contributed by atoms with E-state index in [2.05, 4.69) is 20.6 Å². The van der Waals surface area contributed by atoms with Crippen LogP contribution in [0, 0.1) is 13.1 Å². The van der Waals surface area contributed by atoms with Gasteiger partial charge in [-0.2, -0.15) is 0 Å². The third-order valence-electron chi connectivity index (χ3n) is 2.98. The van der Waals surface area contributed by atoms with Crippen LogP contribution in [0.3, 0.4) is 0 Å².